The van der Waals surface area contributed by atoms with E-state index < -0.39 is 9.84 Å². The summed E-state index contributed by atoms with van der Waals surface area (Å²) in [5, 5.41) is 3.08. The summed E-state index contributed by atoms with van der Waals surface area (Å²) in [4.78, 5) is 14.8. The largest absolute Gasteiger partial charge is 0.376 e. The summed E-state index contributed by atoms with van der Waals surface area (Å²) < 4.78 is 23.6. The van der Waals surface area contributed by atoms with E-state index in [2.05, 4.69) is 11.4 Å². The normalized spacial score (nSPS) is 16.6. The van der Waals surface area contributed by atoms with E-state index in [1.165, 1.54) is 5.56 Å². The molecular formula is C19H22N2O3S. The van der Waals surface area contributed by atoms with Gasteiger partial charge in [0.05, 0.1) is 17.2 Å². The van der Waals surface area contributed by atoms with Crippen molar-refractivity contribution in [1.29, 1.82) is 0 Å². The van der Waals surface area contributed by atoms with Crippen LogP contribution >= 0.6 is 0 Å². The first-order valence-electron chi connectivity index (χ1n) is 8.39. The van der Waals surface area contributed by atoms with Crippen molar-refractivity contribution in [2.75, 3.05) is 22.5 Å². The number of carbonyl (C=O) groups is 1. The highest BCUT2D eigenvalue weighted by atomic mass is 32.2. The molecule has 6 heteroatoms. The molecule has 0 unspecified atom stereocenters. The number of nitrogens with zero attached hydrogens (tertiary/aromatic N) is 1. The standard InChI is InChI=1S/C19H22N2O3S/c1-3-25(23,24)17-10-8-16(9-11-17)20-13-19(22)21-14(2)12-15-6-4-5-7-18(15)21/h4-11,14,20H,3,12-13H2,1-2H3/t14-/m0/s1. The SMILES string of the molecule is CCS(=O)(=O)c1ccc(NCC(=O)N2c3ccccc3C[C@@H]2C)cc1. The molecule has 1 atom stereocenters. The van der Waals surface area contributed by atoms with E-state index in [0.29, 0.717) is 4.90 Å². The van der Waals surface area contributed by atoms with Gasteiger partial charge < -0.3 is 10.2 Å². The van der Waals surface area contributed by atoms with Crippen molar-refractivity contribution in [2.24, 2.45) is 0 Å². The Kier molecular flexibility index (Phi) is 4.81. The fraction of sp³-hybridized carbons (Fsp3) is 0.316. The lowest BCUT2D eigenvalue weighted by Gasteiger charge is -2.23. The number of hydrogen-bond acceptors (Lipinski definition) is 4. The van der Waals surface area contributed by atoms with Crippen molar-refractivity contribution >= 4 is 27.1 Å². The number of nitrogens with one attached hydrogen (secondary N) is 1. The number of rotatable bonds is 5. The van der Waals surface area contributed by atoms with Crippen molar-refractivity contribution in [1.82, 2.24) is 0 Å². The average Bonchev–Trinajstić information content (AvgIpc) is 2.96. The molecule has 5 nitrogen and oxygen atoms in total. The number of benzene rings is 2. The van der Waals surface area contributed by atoms with Crippen LogP contribution in [0.4, 0.5) is 11.4 Å². The van der Waals surface area contributed by atoms with Gasteiger partial charge in [-0.1, -0.05) is 25.1 Å². The van der Waals surface area contributed by atoms with Crippen LogP contribution in [0.3, 0.4) is 0 Å². The number of para-hydroxylation sites is 1. The van der Waals surface area contributed by atoms with E-state index in [1.807, 2.05) is 30.0 Å². The van der Waals surface area contributed by atoms with Crippen LogP contribution in [-0.2, 0) is 21.1 Å². The van der Waals surface area contributed by atoms with E-state index in [4.69, 9.17) is 0 Å². The summed E-state index contributed by atoms with van der Waals surface area (Å²) in [6, 6.07) is 14.6. The zero-order valence-corrected chi connectivity index (χ0v) is 15.2. The molecule has 0 saturated carbocycles. The van der Waals surface area contributed by atoms with Gasteiger partial charge in [0.25, 0.3) is 0 Å². The predicted octanol–water partition coefficient (Wildman–Crippen LogP) is 2.87. The number of hydrogen-bond donors (Lipinski definition) is 1. The molecule has 132 valence electrons. The predicted molar refractivity (Wildman–Crippen MR) is 99.8 cm³/mol. The van der Waals surface area contributed by atoms with Crippen molar-refractivity contribution < 1.29 is 13.2 Å². The van der Waals surface area contributed by atoms with Crippen molar-refractivity contribution in [2.45, 2.75) is 31.2 Å². The maximum Gasteiger partial charge on any atom is 0.246 e. The maximum absolute atomic E-state index is 12.6. The molecule has 1 heterocycles. The minimum atomic E-state index is -3.20. The van der Waals surface area contributed by atoms with Crippen LogP contribution in [0, 0.1) is 0 Å². The van der Waals surface area contributed by atoms with Gasteiger partial charge in [-0.25, -0.2) is 8.42 Å². The van der Waals surface area contributed by atoms with Crippen LogP contribution in [0.15, 0.2) is 53.4 Å². The molecule has 0 fully saturated rings. The lowest BCUT2D eigenvalue weighted by molar-refractivity contribution is -0.117. The Hall–Kier alpha value is -2.34. The highest BCUT2D eigenvalue weighted by molar-refractivity contribution is 7.91. The van der Waals surface area contributed by atoms with E-state index in [-0.39, 0.29) is 24.2 Å². The number of anilines is 2. The molecule has 0 aromatic heterocycles. The monoisotopic (exact) mass is 358 g/mol. The highest BCUT2D eigenvalue weighted by Gasteiger charge is 2.30. The second-order valence-electron chi connectivity index (χ2n) is 6.23. The first-order valence-corrected chi connectivity index (χ1v) is 10.0. The summed E-state index contributed by atoms with van der Waals surface area (Å²) in [6.45, 7) is 3.83. The van der Waals surface area contributed by atoms with Crippen LogP contribution in [0.25, 0.3) is 0 Å². The van der Waals surface area contributed by atoms with Gasteiger partial charge in [-0.3, -0.25) is 4.79 Å². The van der Waals surface area contributed by atoms with Gasteiger partial charge in [-0.2, -0.15) is 0 Å². The summed E-state index contributed by atoms with van der Waals surface area (Å²) in [5.41, 5.74) is 2.90. The first-order chi connectivity index (χ1) is 11.9. The molecule has 0 spiro atoms. The number of fused-ring (bicyclic) bond motifs is 1. The third kappa shape index (κ3) is 3.54. The summed E-state index contributed by atoms with van der Waals surface area (Å²) in [5.74, 6) is 0.0764. The Morgan fingerprint density at radius 1 is 1.16 bits per heavy atom. The van der Waals surface area contributed by atoms with E-state index in [1.54, 1.807) is 31.2 Å². The lowest BCUT2D eigenvalue weighted by Crippen LogP contribution is -2.39. The molecule has 0 saturated heterocycles. The van der Waals surface area contributed by atoms with Gasteiger partial charge in [0.15, 0.2) is 9.84 Å². The van der Waals surface area contributed by atoms with E-state index in [9.17, 15) is 13.2 Å². The van der Waals surface area contributed by atoms with Gasteiger partial charge in [0.2, 0.25) is 5.91 Å². The molecule has 1 aliphatic heterocycles. The maximum atomic E-state index is 12.6. The second-order valence-corrected chi connectivity index (χ2v) is 8.51. The highest BCUT2D eigenvalue weighted by Crippen LogP contribution is 2.31. The smallest absolute Gasteiger partial charge is 0.246 e. The summed E-state index contributed by atoms with van der Waals surface area (Å²) >= 11 is 0. The fourth-order valence-corrected chi connectivity index (χ4v) is 4.04. The molecule has 0 bridgehead atoms. The van der Waals surface area contributed by atoms with Crippen LogP contribution in [0.1, 0.15) is 19.4 Å². The number of carbonyl (C=O) groups excluding carboxylic acids is 1. The van der Waals surface area contributed by atoms with Crippen molar-refractivity contribution in [3.63, 3.8) is 0 Å². The van der Waals surface area contributed by atoms with Crippen molar-refractivity contribution in [3.8, 4) is 0 Å². The van der Waals surface area contributed by atoms with Gasteiger partial charge in [-0.15, -0.1) is 0 Å². The van der Waals surface area contributed by atoms with Gasteiger partial charge in [0.1, 0.15) is 0 Å². The zero-order chi connectivity index (χ0) is 18.0. The van der Waals surface area contributed by atoms with Crippen LogP contribution in [0.5, 0.6) is 0 Å². The van der Waals surface area contributed by atoms with E-state index >= 15 is 0 Å². The first kappa shape index (κ1) is 17.5. The third-order valence-electron chi connectivity index (χ3n) is 4.51. The molecule has 25 heavy (non-hydrogen) atoms. The molecule has 0 aliphatic carbocycles. The molecule has 2 aromatic rings. The minimum Gasteiger partial charge on any atom is -0.376 e. The molecule has 3 rings (SSSR count). The molecule has 0 radical (unpaired) electrons. The molecular weight excluding hydrogens is 336 g/mol. The Labute approximate surface area is 148 Å². The van der Waals surface area contributed by atoms with Crippen LogP contribution < -0.4 is 10.2 Å². The Morgan fingerprint density at radius 2 is 1.84 bits per heavy atom. The van der Waals surface area contributed by atoms with Crippen LogP contribution in [0.2, 0.25) is 0 Å². The molecule has 2 aromatic carbocycles. The van der Waals surface area contributed by atoms with E-state index in [0.717, 1.165) is 17.8 Å². The van der Waals surface area contributed by atoms with Gasteiger partial charge in [-0.05, 0) is 49.2 Å². The Balaban J connectivity index is 1.67. The zero-order valence-electron chi connectivity index (χ0n) is 14.4. The van der Waals surface area contributed by atoms with Gasteiger partial charge >= 0.3 is 0 Å². The second kappa shape index (κ2) is 6.88. The van der Waals surface area contributed by atoms with Crippen molar-refractivity contribution in [3.05, 3.63) is 54.1 Å². The topological polar surface area (TPSA) is 66.5 Å². The summed E-state index contributed by atoms with van der Waals surface area (Å²) in [7, 11) is -3.20. The molecule has 1 N–H and O–H groups in total. The third-order valence-corrected chi connectivity index (χ3v) is 6.26. The number of amides is 1. The number of sulfone groups is 1. The molecule has 1 aliphatic rings. The molecule has 1 amide bonds. The average molecular weight is 358 g/mol. The van der Waals surface area contributed by atoms with Crippen LogP contribution in [-0.4, -0.2) is 32.7 Å². The Bertz CT molecular complexity index is 876. The van der Waals surface area contributed by atoms with Gasteiger partial charge in [0, 0.05) is 17.4 Å². The fourth-order valence-electron chi connectivity index (χ4n) is 3.16. The minimum absolute atomic E-state index is 0.00251. The Morgan fingerprint density at radius 3 is 2.52 bits per heavy atom. The quantitative estimate of drug-likeness (QED) is 0.892. The summed E-state index contributed by atoms with van der Waals surface area (Å²) in [6.07, 6.45) is 0.867. The lowest BCUT2D eigenvalue weighted by atomic mass is 10.1.